The third kappa shape index (κ3) is 0.374. The highest BCUT2D eigenvalue weighted by Gasteiger charge is 1.97. The van der Waals surface area contributed by atoms with Crippen molar-refractivity contribution in [3.8, 4) is 0 Å². The quantitative estimate of drug-likeness (QED) is 0.439. The van der Waals surface area contributed by atoms with E-state index in [1.165, 1.54) is 17.5 Å². The van der Waals surface area contributed by atoms with E-state index in [1.54, 1.807) is 0 Å². The Labute approximate surface area is 49.2 Å². The average molecular weight is 103 g/mol. The van der Waals surface area contributed by atoms with E-state index >= 15 is 0 Å². The van der Waals surface area contributed by atoms with Crippen LogP contribution in [0.25, 0.3) is 0 Å². The molecule has 8 heavy (non-hydrogen) atoms. The lowest BCUT2D eigenvalue weighted by Crippen LogP contribution is -2.03. The number of hydrogen-bond acceptors (Lipinski definition) is 0. The van der Waals surface area contributed by atoms with E-state index in [0.29, 0.717) is 0 Å². The van der Waals surface area contributed by atoms with Gasteiger partial charge in [-0.3, -0.25) is 0 Å². The summed E-state index contributed by atoms with van der Waals surface area (Å²) in [6, 6.07) is 8.49. The fourth-order valence-electron chi connectivity index (χ4n) is 1.01. The molecule has 2 rings (SSSR count). The van der Waals surface area contributed by atoms with Gasteiger partial charge in [-0.15, -0.1) is 18.6 Å². The molecule has 0 atom stereocenters. The van der Waals surface area contributed by atoms with Crippen LogP contribution in [0.3, 0.4) is 0 Å². The fraction of sp³-hybridized carbons (Fsp3) is 0.125. The highest BCUT2D eigenvalue weighted by molar-refractivity contribution is 5.42. The summed E-state index contributed by atoms with van der Waals surface area (Å²) in [6.45, 7) is 0. The van der Waals surface area contributed by atoms with Crippen LogP contribution in [0.5, 0.6) is 0 Å². The molecule has 0 bridgehead atoms. The van der Waals surface area contributed by atoms with Crippen molar-refractivity contribution in [2.24, 2.45) is 0 Å². The van der Waals surface area contributed by atoms with E-state index in [-0.39, 0.29) is 0 Å². The zero-order valence-electron chi connectivity index (χ0n) is 4.59. The lowest BCUT2D eigenvalue weighted by molar-refractivity contribution is 1.04. The van der Waals surface area contributed by atoms with Gasteiger partial charge in [0.1, 0.15) is 0 Å². The summed E-state index contributed by atoms with van der Waals surface area (Å²) < 4.78 is 0. The second-order valence-corrected chi connectivity index (χ2v) is 2.11. The minimum atomic E-state index is 1.18. The summed E-state index contributed by atoms with van der Waals surface area (Å²) in [5.41, 5.74) is 2.92. The largest absolute Gasteiger partial charge is 0.191 e. The highest BCUT2D eigenvalue weighted by atomic mass is 14.1. The Hall–Kier alpha value is -0.910. The van der Waals surface area contributed by atoms with Gasteiger partial charge in [0.2, 0.25) is 0 Å². The maximum Gasteiger partial charge on any atom is -0.0863 e. The standard InChI is InChI=1S/C8H7/c1-2-4-8-6-5-7(8)3-1/h1-5H,6H2/q-1. The predicted octanol–water partition coefficient (Wildman–Crippen LogP) is 1.80. The second-order valence-electron chi connectivity index (χ2n) is 2.11. The first-order valence-corrected chi connectivity index (χ1v) is 2.88. The SMILES string of the molecule is c1ccc2c(c1)[CH-]C2. The van der Waals surface area contributed by atoms with Gasteiger partial charge in [0, 0.05) is 0 Å². The zero-order chi connectivity index (χ0) is 5.40. The molecular formula is C8H7-. The van der Waals surface area contributed by atoms with Gasteiger partial charge in [-0.2, -0.15) is 23.6 Å². The molecule has 0 nitrogen and oxygen atoms in total. The lowest BCUT2D eigenvalue weighted by Gasteiger charge is -2.28. The summed E-state index contributed by atoms with van der Waals surface area (Å²) in [7, 11) is 0. The van der Waals surface area contributed by atoms with Gasteiger partial charge in [-0.1, -0.05) is 6.07 Å². The number of rotatable bonds is 0. The van der Waals surface area contributed by atoms with Crippen LogP contribution in [0.4, 0.5) is 0 Å². The van der Waals surface area contributed by atoms with Gasteiger partial charge >= 0.3 is 0 Å². The molecule has 0 N–H and O–H groups in total. The van der Waals surface area contributed by atoms with Crippen molar-refractivity contribution in [3.63, 3.8) is 0 Å². The van der Waals surface area contributed by atoms with Crippen LogP contribution in [0.1, 0.15) is 11.1 Å². The van der Waals surface area contributed by atoms with Crippen molar-refractivity contribution in [1.82, 2.24) is 0 Å². The van der Waals surface area contributed by atoms with E-state index < -0.39 is 0 Å². The maximum absolute atomic E-state index is 2.25. The molecule has 1 aliphatic rings. The molecule has 40 valence electrons. The van der Waals surface area contributed by atoms with Crippen molar-refractivity contribution < 1.29 is 0 Å². The Balaban J connectivity index is 2.62. The molecule has 0 saturated heterocycles. The van der Waals surface area contributed by atoms with Crippen LogP contribution in [0.15, 0.2) is 24.3 Å². The van der Waals surface area contributed by atoms with Crippen LogP contribution in [0, 0.1) is 6.42 Å². The second kappa shape index (κ2) is 1.28. The van der Waals surface area contributed by atoms with E-state index in [2.05, 4.69) is 30.7 Å². The van der Waals surface area contributed by atoms with E-state index in [9.17, 15) is 0 Å². The number of hydrogen-bond donors (Lipinski definition) is 0. The summed E-state index contributed by atoms with van der Waals surface area (Å²) >= 11 is 0. The molecule has 0 saturated carbocycles. The van der Waals surface area contributed by atoms with E-state index in [0.717, 1.165) is 0 Å². The van der Waals surface area contributed by atoms with Crippen molar-refractivity contribution in [1.29, 1.82) is 0 Å². The van der Waals surface area contributed by atoms with Gasteiger partial charge in [0.05, 0.1) is 0 Å². The monoisotopic (exact) mass is 103 g/mol. The van der Waals surface area contributed by atoms with Crippen LogP contribution >= 0.6 is 0 Å². The molecule has 0 aromatic heterocycles. The summed E-state index contributed by atoms with van der Waals surface area (Å²) in [5, 5.41) is 0. The molecule has 1 aromatic rings. The Bertz CT molecular complexity index is 178. The maximum atomic E-state index is 2.25. The Morgan fingerprint density at radius 2 is 2.12 bits per heavy atom. The molecule has 0 spiro atoms. The Morgan fingerprint density at radius 3 is 2.50 bits per heavy atom. The Morgan fingerprint density at radius 1 is 1.25 bits per heavy atom. The fourth-order valence-corrected chi connectivity index (χ4v) is 1.01. The number of fused-ring (bicyclic) bond motifs is 1. The van der Waals surface area contributed by atoms with Crippen molar-refractivity contribution in [2.45, 2.75) is 6.42 Å². The van der Waals surface area contributed by atoms with Crippen LogP contribution < -0.4 is 0 Å². The zero-order valence-corrected chi connectivity index (χ0v) is 4.59. The first kappa shape index (κ1) is 4.02. The van der Waals surface area contributed by atoms with Crippen LogP contribution in [-0.2, 0) is 6.42 Å². The first-order chi connectivity index (χ1) is 3.97. The highest BCUT2D eigenvalue weighted by Crippen LogP contribution is 2.22. The molecule has 0 heteroatoms. The molecule has 0 unspecified atom stereocenters. The third-order valence-electron chi connectivity index (χ3n) is 1.60. The van der Waals surface area contributed by atoms with Crippen LogP contribution in [-0.4, -0.2) is 0 Å². The van der Waals surface area contributed by atoms with Crippen molar-refractivity contribution in [2.75, 3.05) is 0 Å². The summed E-state index contributed by atoms with van der Waals surface area (Å²) in [4.78, 5) is 0. The smallest absolute Gasteiger partial charge is 0.0863 e. The number of benzene rings is 1. The molecule has 0 radical (unpaired) electrons. The molecule has 1 aromatic carbocycles. The first-order valence-electron chi connectivity index (χ1n) is 2.88. The topological polar surface area (TPSA) is 0 Å². The normalized spacial score (nSPS) is 13.5. The minimum Gasteiger partial charge on any atom is -0.191 e. The van der Waals surface area contributed by atoms with Gasteiger partial charge in [-0.05, 0) is 0 Å². The lowest BCUT2D eigenvalue weighted by atomic mass is 9.89. The van der Waals surface area contributed by atoms with Crippen molar-refractivity contribution >= 4 is 0 Å². The molecule has 0 fully saturated rings. The van der Waals surface area contributed by atoms with E-state index in [1.807, 2.05) is 0 Å². The van der Waals surface area contributed by atoms with Crippen LogP contribution in [0.2, 0.25) is 0 Å². The van der Waals surface area contributed by atoms with Gasteiger partial charge in [-0.25, -0.2) is 0 Å². The predicted molar refractivity (Wildman–Crippen MR) is 33.5 cm³/mol. The Kier molecular flexibility index (Phi) is 0.644. The van der Waals surface area contributed by atoms with E-state index in [4.69, 9.17) is 0 Å². The van der Waals surface area contributed by atoms with Gasteiger partial charge in [0.25, 0.3) is 0 Å². The molecule has 0 heterocycles. The average Bonchev–Trinajstić information content (AvgIpc) is 1.72. The summed E-state index contributed by atoms with van der Waals surface area (Å²) in [6.07, 6.45) is 3.42. The van der Waals surface area contributed by atoms with Gasteiger partial charge < -0.3 is 0 Å². The minimum absolute atomic E-state index is 1.18. The molecular weight excluding hydrogens is 96.1 g/mol. The molecule has 0 amide bonds. The van der Waals surface area contributed by atoms with Gasteiger partial charge in [0.15, 0.2) is 0 Å². The molecule has 1 aliphatic carbocycles. The van der Waals surface area contributed by atoms with Crippen molar-refractivity contribution in [3.05, 3.63) is 41.8 Å². The third-order valence-corrected chi connectivity index (χ3v) is 1.60. The molecule has 0 aliphatic heterocycles. The summed E-state index contributed by atoms with van der Waals surface area (Å²) in [5.74, 6) is 0.